The van der Waals surface area contributed by atoms with E-state index in [-0.39, 0.29) is 12.3 Å². The topological polar surface area (TPSA) is 115 Å². The van der Waals surface area contributed by atoms with E-state index in [1.165, 1.54) is 24.2 Å². The Kier molecular flexibility index (Phi) is 5.18. The molecular formula is C17H16N6O3. The lowest BCUT2D eigenvalue weighted by Crippen LogP contribution is -2.24. The first-order chi connectivity index (χ1) is 12.7. The summed E-state index contributed by atoms with van der Waals surface area (Å²) in [6.45, 7) is -0.115. The van der Waals surface area contributed by atoms with Crippen LogP contribution in [0.25, 0.3) is 11.4 Å². The number of nitrogens with one attached hydrogen (secondary N) is 1. The molecule has 26 heavy (non-hydrogen) atoms. The van der Waals surface area contributed by atoms with E-state index in [4.69, 9.17) is 4.74 Å². The molecule has 1 heterocycles. The minimum atomic E-state index is -0.399. The Bertz CT molecular complexity index is 923. The molecule has 0 spiro atoms. The summed E-state index contributed by atoms with van der Waals surface area (Å²) >= 11 is 0. The molecule has 1 amide bonds. The van der Waals surface area contributed by atoms with Crippen LogP contribution in [0.3, 0.4) is 0 Å². The van der Waals surface area contributed by atoms with Crippen molar-refractivity contribution >= 4 is 12.1 Å². The first-order valence-electron chi connectivity index (χ1n) is 7.68. The Morgan fingerprint density at radius 3 is 2.88 bits per heavy atom. The highest BCUT2D eigenvalue weighted by molar-refractivity contribution is 5.83. The maximum Gasteiger partial charge on any atom is 0.263 e. The van der Waals surface area contributed by atoms with Gasteiger partial charge in [0.15, 0.2) is 11.5 Å². The molecule has 0 aliphatic heterocycles. The average molecular weight is 352 g/mol. The summed E-state index contributed by atoms with van der Waals surface area (Å²) in [5.74, 6) is 0.391. The summed E-state index contributed by atoms with van der Waals surface area (Å²) in [5.41, 5.74) is 3.85. The molecule has 0 bridgehead atoms. The van der Waals surface area contributed by atoms with Crippen molar-refractivity contribution in [1.82, 2.24) is 25.6 Å². The Balaban J connectivity index is 1.57. The van der Waals surface area contributed by atoms with Gasteiger partial charge in [0.2, 0.25) is 5.82 Å². The summed E-state index contributed by atoms with van der Waals surface area (Å²) in [5, 5.41) is 25.3. The standard InChI is InChI=1S/C17H16N6O3/c1-26-15-9-12(7-8-14(15)24)10-18-19-16(25)11-23-21-17(20-22-23)13-5-3-2-4-6-13/h2-10,24H,11H2,1H3,(H,19,25)/b18-10-. The predicted octanol–water partition coefficient (Wildman–Crippen LogP) is 1.20. The van der Waals surface area contributed by atoms with Crippen molar-refractivity contribution in [3.8, 4) is 22.9 Å². The van der Waals surface area contributed by atoms with Crippen LogP contribution in [0.5, 0.6) is 11.5 Å². The smallest absolute Gasteiger partial charge is 0.263 e. The van der Waals surface area contributed by atoms with Crippen molar-refractivity contribution in [3.63, 3.8) is 0 Å². The zero-order valence-corrected chi connectivity index (χ0v) is 13.9. The Morgan fingerprint density at radius 2 is 2.12 bits per heavy atom. The highest BCUT2D eigenvalue weighted by Gasteiger charge is 2.08. The number of methoxy groups -OCH3 is 1. The van der Waals surface area contributed by atoms with Crippen molar-refractivity contribution in [1.29, 1.82) is 0 Å². The first-order valence-corrected chi connectivity index (χ1v) is 7.68. The molecule has 0 saturated carbocycles. The Hall–Kier alpha value is -3.75. The molecule has 2 N–H and O–H groups in total. The van der Waals surface area contributed by atoms with Crippen LogP contribution < -0.4 is 10.2 Å². The fourth-order valence-corrected chi connectivity index (χ4v) is 2.13. The second-order valence-corrected chi connectivity index (χ2v) is 5.23. The molecule has 3 aromatic rings. The summed E-state index contributed by atoms with van der Waals surface area (Å²) in [7, 11) is 1.45. The van der Waals surface area contributed by atoms with E-state index in [9.17, 15) is 9.90 Å². The number of hydrogen-bond acceptors (Lipinski definition) is 7. The third-order valence-corrected chi connectivity index (χ3v) is 3.38. The van der Waals surface area contributed by atoms with Crippen molar-refractivity contribution in [2.45, 2.75) is 6.54 Å². The summed E-state index contributed by atoms with van der Waals surface area (Å²) < 4.78 is 5.01. The van der Waals surface area contributed by atoms with Gasteiger partial charge in [-0.1, -0.05) is 30.3 Å². The molecule has 9 heteroatoms. The molecule has 0 aliphatic carbocycles. The number of carbonyl (C=O) groups excluding carboxylic acids is 1. The van der Waals surface area contributed by atoms with Crippen LogP contribution in [0.1, 0.15) is 5.56 Å². The first kappa shape index (κ1) is 17.1. The lowest BCUT2D eigenvalue weighted by molar-refractivity contribution is -0.122. The lowest BCUT2D eigenvalue weighted by atomic mass is 10.2. The largest absolute Gasteiger partial charge is 0.504 e. The molecular weight excluding hydrogens is 336 g/mol. The van der Waals surface area contributed by atoms with Crippen LogP contribution in [0.15, 0.2) is 53.6 Å². The van der Waals surface area contributed by atoms with Gasteiger partial charge in [0.1, 0.15) is 6.54 Å². The summed E-state index contributed by atoms with van der Waals surface area (Å²) in [6, 6.07) is 14.1. The second kappa shape index (κ2) is 7.88. The van der Waals surface area contributed by atoms with Crippen molar-refractivity contribution < 1.29 is 14.6 Å². The molecule has 2 aromatic carbocycles. The fraction of sp³-hybridized carbons (Fsp3) is 0.118. The summed E-state index contributed by atoms with van der Waals surface area (Å²) in [4.78, 5) is 13.1. The number of phenols is 1. The van der Waals surface area contributed by atoms with Crippen LogP contribution in [0.4, 0.5) is 0 Å². The zero-order chi connectivity index (χ0) is 18.4. The number of rotatable bonds is 6. The van der Waals surface area contributed by atoms with Gasteiger partial charge in [-0.3, -0.25) is 4.79 Å². The molecule has 0 fully saturated rings. The highest BCUT2D eigenvalue weighted by atomic mass is 16.5. The number of hydrazone groups is 1. The molecule has 0 radical (unpaired) electrons. The Morgan fingerprint density at radius 1 is 1.31 bits per heavy atom. The van der Waals surface area contributed by atoms with Gasteiger partial charge in [-0.05, 0) is 29.0 Å². The third kappa shape index (κ3) is 4.20. The van der Waals surface area contributed by atoms with Gasteiger partial charge in [-0.15, -0.1) is 10.2 Å². The summed E-state index contributed by atoms with van der Waals surface area (Å²) in [6.07, 6.45) is 1.43. The number of nitrogens with zero attached hydrogens (tertiary/aromatic N) is 5. The van der Waals surface area contributed by atoms with Crippen molar-refractivity contribution in [2.75, 3.05) is 7.11 Å². The molecule has 1 aromatic heterocycles. The molecule has 0 saturated heterocycles. The lowest BCUT2D eigenvalue weighted by Gasteiger charge is -2.03. The van der Waals surface area contributed by atoms with Crippen LogP contribution >= 0.6 is 0 Å². The van der Waals surface area contributed by atoms with Gasteiger partial charge in [0.25, 0.3) is 5.91 Å². The molecule has 0 aliphatic rings. The van der Waals surface area contributed by atoms with Crippen LogP contribution in [-0.2, 0) is 11.3 Å². The van der Waals surface area contributed by atoms with Gasteiger partial charge in [-0.2, -0.15) is 9.90 Å². The maximum atomic E-state index is 11.9. The normalized spacial score (nSPS) is 10.8. The predicted molar refractivity (Wildman–Crippen MR) is 93.6 cm³/mol. The number of carbonyl (C=O) groups is 1. The van der Waals surface area contributed by atoms with E-state index in [0.717, 1.165) is 5.56 Å². The van der Waals surface area contributed by atoms with Gasteiger partial charge < -0.3 is 9.84 Å². The van der Waals surface area contributed by atoms with Gasteiger partial charge in [0.05, 0.1) is 13.3 Å². The fourth-order valence-electron chi connectivity index (χ4n) is 2.13. The van der Waals surface area contributed by atoms with E-state index in [0.29, 0.717) is 17.1 Å². The van der Waals surface area contributed by atoms with E-state index in [1.807, 2.05) is 30.3 Å². The van der Waals surface area contributed by atoms with E-state index < -0.39 is 5.91 Å². The van der Waals surface area contributed by atoms with Crippen molar-refractivity contribution in [2.24, 2.45) is 5.10 Å². The van der Waals surface area contributed by atoms with Gasteiger partial charge in [-0.25, -0.2) is 5.43 Å². The number of tetrazole rings is 1. The van der Waals surface area contributed by atoms with Gasteiger partial charge >= 0.3 is 0 Å². The minimum absolute atomic E-state index is 0.0279. The van der Waals surface area contributed by atoms with E-state index in [1.54, 1.807) is 12.1 Å². The quantitative estimate of drug-likeness (QED) is 0.509. The number of ether oxygens (including phenoxy) is 1. The number of aromatic hydroxyl groups is 1. The van der Waals surface area contributed by atoms with E-state index >= 15 is 0 Å². The molecule has 9 nitrogen and oxygen atoms in total. The number of benzene rings is 2. The average Bonchev–Trinajstić information content (AvgIpc) is 3.12. The number of hydrogen-bond donors (Lipinski definition) is 2. The number of amides is 1. The highest BCUT2D eigenvalue weighted by Crippen LogP contribution is 2.25. The number of aromatic nitrogens is 4. The van der Waals surface area contributed by atoms with Crippen molar-refractivity contribution in [3.05, 3.63) is 54.1 Å². The monoisotopic (exact) mass is 352 g/mol. The molecule has 132 valence electrons. The van der Waals surface area contributed by atoms with Crippen LogP contribution in [-0.4, -0.2) is 44.5 Å². The zero-order valence-electron chi connectivity index (χ0n) is 13.9. The maximum absolute atomic E-state index is 11.9. The molecule has 0 unspecified atom stereocenters. The Labute approximate surface area is 148 Å². The van der Waals surface area contributed by atoms with Crippen LogP contribution in [0, 0.1) is 0 Å². The number of phenolic OH excluding ortho intramolecular Hbond substituents is 1. The minimum Gasteiger partial charge on any atom is -0.504 e. The SMILES string of the molecule is COc1cc(/C=N\NC(=O)Cn2nnc(-c3ccccc3)n2)ccc1O. The van der Waals surface area contributed by atoms with Crippen LogP contribution in [0.2, 0.25) is 0 Å². The van der Waals surface area contributed by atoms with E-state index in [2.05, 4.69) is 25.9 Å². The second-order valence-electron chi connectivity index (χ2n) is 5.23. The third-order valence-electron chi connectivity index (χ3n) is 3.38. The molecule has 0 atom stereocenters. The van der Waals surface area contributed by atoms with Gasteiger partial charge in [0, 0.05) is 5.56 Å². The molecule has 3 rings (SSSR count).